The van der Waals surface area contributed by atoms with Crippen LogP contribution in [-0.2, 0) is 10.0 Å². The second-order valence-corrected chi connectivity index (χ2v) is 8.48. The number of amides is 1. The van der Waals surface area contributed by atoms with Gasteiger partial charge in [-0.3, -0.25) is 30.3 Å². The van der Waals surface area contributed by atoms with Gasteiger partial charge in [0.1, 0.15) is 0 Å². The number of nitrogens with one attached hydrogen (secondary N) is 2. The molecule has 0 bridgehead atoms. The first-order valence-electron chi connectivity index (χ1n) is 7.70. The average molecular weight is 437 g/mol. The lowest BCUT2D eigenvalue weighted by Crippen LogP contribution is -2.18. The quantitative estimate of drug-likeness (QED) is 0.436. The molecule has 0 spiro atoms. The summed E-state index contributed by atoms with van der Waals surface area (Å²) < 4.78 is 26.4. The number of benzene rings is 2. The van der Waals surface area contributed by atoms with Crippen molar-refractivity contribution in [2.75, 3.05) is 12.4 Å². The van der Waals surface area contributed by atoms with Crippen LogP contribution in [0, 0.1) is 20.2 Å². The van der Waals surface area contributed by atoms with Gasteiger partial charge in [0.2, 0.25) is 10.0 Å². The van der Waals surface area contributed by atoms with Crippen LogP contribution in [0.1, 0.15) is 10.4 Å². The SMILES string of the molecule is CNS(=O)(=O)c1ccc2nc(NC(=O)c3cc([N+](=O)[O-])cc([N+](=O)[O-])c3)sc2c1. The molecule has 2 aromatic carbocycles. The summed E-state index contributed by atoms with van der Waals surface area (Å²) in [5.74, 6) is -0.834. The highest BCUT2D eigenvalue weighted by Crippen LogP contribution is 2.29. The maximum Gasteiger partial charge on any atom is 0.277 e. The maximum atomic E-state index is 12.4. The van der Waals surface area contributed by atoms with Gasteiger partial charge in [0.15, 0.2) is 5.13 Å². The minimum absolute atomic E-state index is 0.0170. The van der Waals surface area contributed by atoms with Crippen molar-refractivity contribution in [1.82, 2.24) is 9.71 Å². The molecular formula is C15H11N5O7S2. The summed E-state index contributed by atoms with van der Waals surface area (Å²) in [5.41, 5.74) is -1.07. The van der Waals surface area contributed by atoms with Crippen molar-refractivity contribution < 1.29 is 23.1 Å². The molecule has 0 radical (unpaired) electrons. The number of rotatable bonds is 6. The highest BCUT2D eigenvalue weighted by atomic mass is 32.2. The summed E-state index contributed by atoms with van der Waals surface area (Å²) in [5, 5.41) is 24.4. The van der Waals surface area contributed by atoms with Crippen LogP contribution in [0.15, 0.2) is 41.3 Å². The number of sulfonamides is 1. The highest BCUT2D eigenvalue weighted by Gasteiger charge is 2.21. The van der Waals surface area contributed by atoms with Crippen molar-refractivity contribution in [2.24, 2.45) is 0 Å². The van der Waals surface area contributed by atoms with Gasteiger partial charge >= 0.3 is 0 Å². The summed E-state index contributed by atoms with van der Waals surface area (Å²) in [6.45, 7) is 0. The predicted octanol–water partition coefficient (Wildman–Crippen LogP) is 2.27. The molecule has 0 saturated carbocycles. The molecule has 1 heterocycles. The van der Waals surface area contributed by atoms with E-state index in [-0.39, 0.29) is 15.6 Å². The molecule has 2 N–H and O–H groups in total. The molecule has 0 aliphatic carbocycles. The first-order valence-corrected chi connectivity index (χ1v) is 10.00. The number of anilines is 1. The lowest BCUT2D eigenvalue weighted by molar-refractivity contribution is -0.394. The molecule has 1 aromatic heterocycles. The molecule has 0 fully saturated rings. The minimum Gasteiger partial charge on any atom is -0.298 e. The van der Waals surface area contributed by atoms with Crippen LogP contribution in [0.5, 0.6) is 0 Å². The number of carbonyl (C=O) groups excluding carboxylic acids is 1. The van der Waals surface area contributed by atoms with Crippen LogP contribution in [0.4, 0.5) is 16.5 Å². The molecule has 12 nitrogen and oxygen atoms in total. The Labute approximate surface area is 166 Å². The number of carbonyl (C=O) groups is 1. The van der Waals surface area contributed by atoms with Crippen LogP contribution in [0.3, 0.4) is 0 Å². The topological polar surface area (TPSA) is 174 Å². The zero-order chi connectivity index (χ0) is 21.3. The maximum absolute atomic E-state index is 12.4. The minimum atomic E-state index is -3.66. The number of nitrogens with zero attached hydrogens (tertiary/aromatic N) is 3. The third kappa shape index (κ3) is 4.18. The fourth-order valence-corrected chi connectivity index (χ4v) is 4.08. The van der Waals surface area contributed by atoms with E-state index in [1.54, 1.807) is 0 Å². The van der Waals surface area contributed by atoms with Crippen LogP contribution in [0.25, 0.3) is 10.2 Å². The van der Waals surface area contributed by atoms with Gasteiger partial charge in [0.05, 0.1) is 36.6 Å². The van der Waals surface area contributed by atoms with Crippen LogP contribution in [0.2, 0.25) is 0 Å². The van der Waals surface area contributed by atoms with Crippen molar-refractivity contribution in [3.8, 4) is 0 Å². The van der Waals surface area contributed by atoms with E-state index in [0.29, 0.717) is 10.2 Å². The van der Waals surface area contributed by atoms with Crippen molar-refractivity contribution in [3.05, 3.63) is 62.2 Å². The zero-order valence-corrected chi connectivity index (χ0v) is 16.1. The number of hydrogen-bond acceptors (Lipinski definition) is 9. The normalized spacial score (nSPS) is 11.3. The van der Waals surface area contributed by atoms with E-state index in [1.165, 1.54) is 25.2 Å². The number of nitro groups is 2. The van der Waals surface area contributed by atoms with Gasteiger partial charge in [0.25, 0.3) is 17.3 Å². The van der Waals surface area contributed by atoms with E-state index in [0.717, 1.165) is 29.5 Å². The molecule has 0 aliphatic rings. The Morgan fingerprint density at radius 3 is 2.24 bits per heavy atom. The van der Waals surface area contributed by atoms with E-state index in [4.69, 9.17) is 0 Å². The summed E-state index contributed by atoms with van der Waals surface area (Å²) in [4.78, 5) is 36.8. The molecular weight excluding hydrogens is 426 g/mol. The van der Waals surface area contributed by atoms with E-state index in [2.05, 4.69) is 15.0 Å². The number of hydrogen-bond donors (Lipinski definition) is 2. The number of nitro benzene ring substituents is 2. The number of non-ortho nitro benzene ring substituents is 2. The Hall–Kier alpha value is -3.49. The molecule has 0 unspecified atom stereocenters. The molecule has 150 valence electrons. The van der Waals surface area contributed by atoms with Gasteiger partial charge in [-0.25, -0.2) is 18.1 Å². The summed E-state index contributed by atoms with van der Waals surface area (Å²) in [7, 11) is -2.38. The lowest BCUT2D eigenvalue weighted by Gasteiger charge is -2.02. The summed E-state index contributed by atoms with van der Waals surface area (Å²) in [6, 6.07) is 6.76. The fourth-order valence-electron chi connectivity index (χ4n) is 2.35. The third-order valence-electron chi connectivity index (χ3n) is 3.75. The van der Waals surface area contributed by atoms with Crippen LogP contribution in [-0.4, -0.2) is 36.2 Å². The Kier molecular flexibility index (Phi) is 5.23. The van der Waals surface area contributed by atoms with Crippen LogP contribution < -0.4 is 10.0 Å². The summed E-state index contributed by atoms with van der Waals surface area (Å²) >= 11 is 0.979. The first kappa shape index (κ1) is 20.2. The molecule has 1 amide bonds. The molecule has 3 rings (SSSR count). The van der Waals surface area contributed by atoms with Crippen molar-refractivity contribution in [1.29, 1.82) is 0 Å². The Balaban J connectivity index is 1.94. The molecule has 14 heteroatoms. The van der Waals surface area contributed by atoms with Gasteiger partial charge in [0, 0.05) is 12.1 Å². The van der Waals surface area contributed by atoms with Gasteiger partial charge in [-0.15, -0.1) is 0 Å². The van der Waals surface area contributed by atoms with Crippen molar-refractivity contribution >= 4 is 54.0 Å². The van der Waals surface area contributed by atoms with E-state index < -0.39 is 37.2 Å². The number of aromatic nitrogens is 1. The van der Waals surface area contributed by atoms with Crippen LogP contribution >= 0.6 is 11.3 Å². The summed E-state index contributed by atoms with van der Waals surface area (Å²) in [6.07, 6.45) is 0. The monoisotopic (exact) mass is 437 g/mol. The van der Waals surface area contributed by atoms with Gasteiger partial charge < -0.3 is 0 Å². The van der Waals surface area contributed by atoms with Crippen molar-refractivity contribution in [3.63, 3.8) is 0 Å². The Bertz CT molecular complexity index is 1240. The second kappa shape index (κ2) is 7.50. The zero-order valence-electron chi connectivity index (χ0n) is 14.5. The Morgan fingerprint density at radius 1 is 1.07 bits per heavy atom. The third-order valence-corrected chi connectivity index (χ3v) is 6.09. The predicted molar refractivity (Wildman–Crippen MR) is 104 cm³/mol. The van der Waals surface area contributed by atoms with E-state index in [1.807, 2.05) is 0 Å². The second-order valence-electron chi connectivity index (χ2n) is 5.56. The van der Waals surface area contributed by atoms with Gasteiger partial charge in [-0.2, -0.15) is 0 Å². The molecule has 3 aromatic rings. The smallest absolute Gasteiger partial charge is 0.277 e. The molecule has 0 saturated heterocycles. The van der Waals surface area contributed by atoms with E-state index in [9.17, 15) is 33.4 Å². The molecule has 29 heavy (non-hydrogen) atoms. The standard InChI is InChI=1S/C15H11N5O7S2/c1-16-29(26,27)11-2-3-12-13(7-11)28-15(17-12)18-14(21)8-4-9(19(22)23)6-10(5-8)20(24)25/h2-7,16H,1H3,(H,17,18,21). The average Bonchev–Trinajstić information content (AvgIpc) is 3.08. The molecule has 0 aliphatic heterocycles. The fraction of sp³-hybridized carbons (Fsp3) is 0.0667. The highest BCUT2D eigenvalue weighted by molar-refractivity contribution is 7.89. The number of thiazole rings is 1. The number of fused-ring (bicyclic) bond motifs is 1. The van der Waals surface area contributed by atoms with Gasteiger partial charge in [-0.05, 0) is 25.2 Å². The largest absolute Gasteiger partial charge is 0.298 e. The van der Waals surface area contributed by atoms with Crippen molar-refractivity contribution in [2.45, 2.75) is 4.90 Å². The molecule has 0 atom stereocenters. The van der Waals surface area contributed by atoms with Gasteiger partial charge in [-0.1, -0.05) is 11.3 Å². The van der Waals surface area contributed by atoms with E-state index >= 15 is 0 Å². The lowest BCUT2D eigenvalue weighted by atomic mass is 10.1. The Morgan fingerprint density at radius 2 is 1.69 bits per heavy atom. The first-order chi connectivity index (χ1) is 13.6.